The van der Waals surface area contributed by atoms with Crippen molar-refractivity contribution in [2.75, 3.05) is 0 Å². The van der Waals surface area contributed by atoms with Crippen LogP contribution < -0.4 is 4.72 Å². The molecule has 1 heterocycles. The van der Waals surface area contributed by atoms with Crippen LogP contribution in [0.5, 0.6) is 0 Å². The van der Waals surface area contributed by atoms with E-state index in [4.69, 9.17) is 11.6 Å². The second kappa shape index (κ2) is 5.64. The Morgan fingerprint density at radius 1 is 1.41 bits per heavy atom. The molecule has 1 aromatic carbocycles. The summed E-state index contributed by atoms with van der Waals surface area (Å²) in [6.45, 7) is 0. The van der Waals surface area contributed by atoms with E-state index in [1.807, 2.05) is 0 Å². The Kier molecular flexibility index (Phi) is 3.96. The predicted octanol–water partition coefficient (Wildman–Crippen LogP) is 2.44. The second-order valence-electron chi connectivity index (χ2n) is 5.54. The first-order valence-corrected chi connectivity index (χ1v) is 8.66. The van der Waals surface area contributed by atoms with E-state index in [0.29, 0.717) is 12.8 Å². The molecular weight excluding hydrogens is 329 g/mol. The zero-order valence-electron chi connectivity index (χ0n) is 11.8. The molecule has 1 aliphatic carbocycles. The number of halogens is 2. The van der Waals surface area contributed by atoms with Crippen LogP contribution >= 0.6 is 11.6 Å². The van der Waals surface area contributed by atoms with Gasteiger partial charge in [-0.2, -0.15) is 0 Å². The minimum Gasteiger partial charge on any atom is -0.339 e. The zero-order chi connectivity index (χ0) is 15.9. The fourth-order valence-electron chi connectivity index (χ4n) is 2.56. The summed E-state index contributed by atoms with van der Waals surface area (Å²) in [5, 5.41) is 0.110. The van der Waals surface area contributed by atoms with Crippen LogP contribution in [0.3, 0.4) is 0 Å². The van der Waals surface area contributed by atoms with Crippen LogP contribution in [-0.2, 0) is 17.1 Å². The average molecular weight is 344 g/mol. The number of hydrogen-bond donors (Lipinski definition) is 1. The van der Waals surface area contributed by atoms with Crippen LogP contribution in [0.25, 0.3) is 0 Å². The normalized spacial score (nSPS) is 21.6. The Labute approximate surface area is 133 Å². The predicted molar refractivity (Wildman–Crippen MR) is 80.7 cm³/mol. The van der Waals surface area contributed by atoms with E-state index in [1.165, 1.54) is 18.6 Å². The highest BCUT2D eigenvalue weighted by Gasteiger charge is 2.34. The van der Waals surface area contributed by atoms with Crippen LogP contribution in [0.4, 0.5) is 4.39 Å². The number of rotatable bonds is 4. The molecule has 1 aliphatic rings. The number of aromatic nitrogens is 2. The van der Waals surface area contributed by atoms with E-state index >= 15 is 0 Å². The number of benzene rings is 1. The van der Waals surface area contributed by atoms with E-state index in [9.17, 15) is 12.8 Å². The maximum Gasteiger partial charge on any atom is 0.259 e. The molecule has 0 unspecified atom stereocenters. The third kappa shape index (κ3) is 3.02. The van der Waals surface area contributed by atoms with Gasteiger partial charge in [0.2, 0.25) is 0 Å². The van der Waals surface area contributed by atoms with Gasteiger partial charge in [0.05, 0.1) is 11.3 Å². The molecule has 118 valence electrons. The molecule has 5 nitrogen and oxygen atoms in total. The summed E-state index contributed by atoms with van der Waals surface area (Å²) in [6.07, 6.45) is 4.22. The smallest absolute Gasteiger partial charge is 0.259 e. The highest BCUT2D eigenvalue weighted by atomic mass is 35.5. The summed E-state index contributed by atoms with van der Waals surface area (Å²) in [5.74, 6) is -0.258. The van der Waals surface area contributed by atoms with Gasteiger partial charge in [0.15, 0.2) is 5.03 Å². The van der Waals surface area contributed by atoms with Gasteiger partial charge in [-0.05, 0) is 36.5 Å². The van der Waals surface area contributed by atoms with E-state index < -0.39 is 15.8 Å². The molecule has 0 saturated heterocycles. The first-order chi connectivity index (χ1) is 10.3. The van der Waals surface area contributed by atoms with Gasteiger partial charge in [-0.1, -0.05) is 17.7 Å². The summed E-state index contributed by atoms with van der Waals surface area (Å²) >= 11 is 5.77. The summed E-state index contributed by atoms with van der Waals surface area (Å²) < 4.78 is 41.6. The maximum atomic E-state index is 13.1. The molecule has 0 amide bonds. The molecule has 22 heavy (non-hydrogen) atoms. The standard InChI is InChI=1S/C14H15ClFN3O2S/c1-19-7-14(17-8-19)22(20,21)18-11-4-10(5-11)9-2-3-13(16)12(15)6-9/h2-3,6-8,10-11,18H,4-5H2,1H3. The Morgan fingerprint density at radius 2 is 2.14 bits per heavy atom. The van der Waals surface area contributed by atoms with Crippen molar-refractivity contribution in [1.82, 2.24) is 14.3 Å². The Bertz CT molecular complexity index is 800. The lowest BCUT2D eigenvalue weighted by Gasteiger charge is -2.35. The number of sulfonamides is 1. The fraction of sp³-hybridized carbons (Fsp3) is 0.357. The van der Waals surface area contributed by atoms with E-state index in [0.717, 1.165) is 5.56 Å². The van der Waals surface area contributed by atoms with E-state index in [1.54, 1.807) is 23.7 Å². The SMILES string of the molecule is Cn1cnc(S(=O)(=O)NC2CC(c3ccc(F)c(Cl)c3)C2)c1. The molecule has 1 aromatic heterocycles. The van der Waals surface area contributed by atoms with Gasteiger partial charge < -0.3 is 4.57 Å². The molecule has 0 aliphatic heterocycles. The van der Waals surface area contributed by atoms with E-state index in [2.05, 4.69) is 9.71 Å². The fourth-order valence-corrected chi connectivity index (χ4v) is 3.99. The van der Waals surface area contributed by atoms with Gasteiger partial charge in [-0.25, -0.2) is 22.5 Å². The monoisotopic (exact) mass is 343 g/mol. The van der Waals surface area contributed by atoms with Crippen molar-refractivity contribution < 1.29 is 12.8 Å². The lowest BCUT2D eigenvalue weighted by Crippen LogP contribution is -2.43. The number of nitrogens with one attached hydrogen (secondary N) is 1. The van der Waals surface area contributed by atoms with Crippen LogP contribution in [0, 0.1) is 5.82 Å². The average Bonchev–Trinajstić information content (AvgIpc) is 2.84. The Hall–Kier alpha value is -1.44. The highest BCUT2D eigenvalue weighted by molar-refractivity contribution is 7.89. The van der Waals surface area contributed by atoms with Crippen molar-refractivity contribution in [3.8, 4) is 0 Å². The molecule has 1 N–H and O–H groups in total. The van der Waals surface area contributed by atoms with Gasteiger partial charge in [-0.3, -0.25) is 0 Å². The molecule has 0 atom stereocenters. The van der Waals surface area contributed by atoms with Gasteiger partial charge in [0.25, 0.3) is 10.0 Å². The maximum absolute atomic E-state index is 13.1. The summed E-state index contributed by atoms with van der Waals surface area (Å²) in [6, 6.07) is 4.49. The molecule has 0 radical (unpaired) electrons. The van der Waals surface area contributed by atoms with Crippen LogP contribution in [0.1, 0.15) is 24.3 Å². The Balaban J connectivity index is 1.63. The number of hydrogen-bond acceptors (Lipinski definition) is 3. The van der Waals surface area contributed by atoms with Crippen molar-refractivity contribution >= 4 is 21.6 Å². The van der Waals surface area contributed by atoms with Crippen molar-refractivity contribution in [2.45, 2.75) is 29.8 Å². The first-order valence-electron chi connectivity index (χ1n) is 6.80. The van der Waals surface area contributed by atoms with Crippen molar-refractivity contribution in [3.63, 3.8) is 0 Å². The Morgan fingerprint density at radius 3 is 2.73 bits per heavy atom. The minimum absolute atomic E-state index is 0.0169. The molecule has 3 rings (SSSR count). The third-order valence-electron chi connectivity index (χ3n) is 3.83. The highest BCUT2D eigenvalue weighted by Crippen LogP contribution is 2.38. The van der Waals surface area contributed by atoms with Crippen molar-refractivity contribution in [2.24, 2.45) is 7.05 Å². The molecule has 8 heteroatoms. The zero-order valence-corrected chi connectivity index (χ0v) is 13.4. The van der Waals surface area contributed by atoms with Crippen LogP contribution in [0.2, 0.25) is 5.02 Å². The van der Waals surface area contributed by atoms with Crippen LogP contribution in [-0.4, -0.2) is 24.0 Å². The van der Waals surface area contributed by atoms with Crippen molar-refractivity contribution in [3.05, 3.63) is 47.1 Å². The molecule has 0 spiro atoms. The van der Waals surface area contributed by atoms with Gasteiger partial charge in [0, 0.05) is 19.3 Å². The molecular formula is C14H15ClFN3O2S. The lowest BCUT2D eigenvalue weighted by molar-refractivity contribution is 0.326. The lowest BCUT2D eigenvalue weighted by atomic mass is 9.76. The minimum atomic E-state index is -3.59. The van der Waals surface area contributed by atoms with Gasteiger partial charge in [0.1, 0.15) is 5.82 Å². The summed E-state index contributed by atoms with van der Waals surface area (Å²) in [5.41, 5.74) is 0.930. The molecule has 1 saturated carbocycles. The summed E-state index contributed by atoms with van der Waals surface area (Å²) in [4.78, 5) is 3.85. The van der Waals surface area contributed by atoms with Crippen LogP contribution in [0.15, 0.2) is 35.7 Å². The third-order valence-corrected chi connectivity index (χ3v) is 5.53. The first kappa shape index (κ1) is 15.5. The molecule has 2 aromatic rings. The summed E-state index contributed by atoms with van der Waals surface area (Å²) in [7, 11) is -1.88. The quantitative estimate of drug-likeness (QED) is 0.927. The van der Waals surface area contributed by atoms with Gasteiger partial charge >= 0.3 is 0 Å². The molecule has 1 fully saturated rings. The van der Waals surface area contributed by atoms with E-state index in [-0.39, 0.29) is 22.0 Å². The molecule has 0 bridgehead atoms. The largest absolute Gasteiger partial charge is 0.339 e. The van der Waals surface area contributed by atoms with Gasteiger partial charge in [-0.15, -0.1) is 0 Å². The number of imidazole rings is 1. The topological polar surface area (TPSA) is 64.0 Å². The second-order valence-corrected chi connectivity index (χ2v) is 7.61. The van der Waals surface area contributed by atoms with Crippen molar-refractivity contribution in [1.29, 1.82) is 0 Å². The number of aryl methyl sites for hydroxylation is 1. The number of nitrogens with zero attached hydrogens (tertiary/aromatic N) is 2.